The van der Waals surface area contributed by atoms with Crippen molar-refractivity contribution in [1.29, 1.82) is 0 Å². The van der Waals surface area contributed by atoms with Gasteiger partial charge in [-0.2, -0.15) is 0 Å². The Morgan fingerprint density at radius 2 is 1.96 bits per heavy atom. The van der Waals surface area contributed by atoms with Gasteiger partial charge in [-0.05, 0) is 32.0 Å². The molecule has 0 radical (unpaired) electrons. The van der Waals surface area contributed by atoms with Crippen LogP contribution in [0.4, 0.5) is 5.69 Å². The monoisotopic (exact) mass is 409 g/mol. The van der Waals surface area contributed by atoms with Gasteiger partial charge in [-0.15, -0.1) is 11.3 Å². The van der Waals surface area contributed by atoms with Crippen molar-refractivity contribution in [2.24, 2.45) is 0 Å². The van der Waals surface area contributed by atoms with Crippen molar-refractivity contribution in [3.05, 3.63) is 75.3 Å². The van der Waals surface area contributed by atoms with Gasteiger partial charge in [0.15, 0.2) is 0 Å². The lowest BCUT2D eigenvalue weighted by Gasteiger charge is -2.08. The molecule has 2 heterocycles. The van der Waals surface area contributed by atoms with Crippen LogP contribution in [0.3, 0.4) is 0 Å². The van der Waals surface area contributed by atoms with Gasteiger partial charge in [0.05, 0.1) is 15.7 Å². The number of nitrogens with zero attached hydrogens (tertiary/aromatic N) is 2. The second kappa shape index (κ2) is 7.58. The van der Waals surface area contributed by atoms with Crippen LogP contribution >= 0.6 is 22.9 Å². The number of carbonyl (C=O) groups is 1. The Hall–Kier alpha value is -2.96. The number of hydrogen-bond acceptors (Lipinski definition) is 5. The summed E-state index contributed by atoms with van der Waals surface area (Å²) >= 11 is 7.86. The number of thiazole rings is 1. The van der Waals surface area contributed by atoms with E-state index in [0.29, 0.717) is 33.3 Å². The number of rotatable bonds is 4. The van der Waals surface area contributed by atoms with Crippen molar-refractivity contribution >= 4 is 34.5 Å². The third-order valence-electron chi connectivity index (χ3n) is 4.25. The molecule has 4 rings (SSSR count). The molecule has 0 spiro atoms. The first-order valence-corrected chi connectivity index (χ1v) is 9.84. The van der Waals surface area contributed by atoms with E-state index in [9.17, 15) is 4.79 Å². The minimum Gasteiger partial charge on any atom is -0.360 e. The number of aryl methyl sites for hydroxylation is 2. The molecular weight excluding hydrogens is 394 g/mol. The Balaban J connectivity index is 1.65. The number of carbonyl (C=O) groups excluding carboxylic acids is 1. The minimum atomic E-state index is -0.305. The van der Waals surface area contributed by atoms with Crippen LogP contribution in [0, 0.1) is 13.8 Å². The molecule has 0 aliphatic heterocycles. The van der Waals surface area contributed by atoms with Crippen molar-refractivity contribution in [1.82, 2.24) is 10.1 Å². The highest BCUT2D eigenvalue weighted by atomic mass is 35.5. The van der Waals surface area contributed by atoms with Crippen LogP contribution in [0.25, 0.3) is 22.5 Å². The molecule has 1 amide bonds. The molecule has 4 aromatic rings. The maximum atomic E-state index is 13.0. The predicted molar refractivity (Wildman–Crippen MR) is 112 cm³/mol. The second-order valence-electron chi connectivity index (χ2n) is 6.23. The molecule has 0 atom stereocenters. The van der Waals surface area contributed by atoms with E-state index >= 15 is 0 Å². The number of halogens is 1. The van der Waals surface area contributed by atoms with E-state index < -0.39 is 0 Å². The molecule has 2 aromatic heterocycles. The van der Waals surface area contributed by atoms with Gasteiger partial charge >= 0.3 is 0 Å². The van der Waals surface area contributed by atoms with Crippen molar-refractivity contribution in [2.75, 3.05) is 5.32 Å². The van der Waals surface area contributed by atoms with E-state index in [4.69, 9.17) is 16.1 Å². The van der Waals surface area contributed by atoms with E-state index in [2.05, 4.69) is 15.5 Å². The summed E-state index contributed by atoms with van der Waals surface area (Å²) in [7, 11) is 0. The first-order valence-electron chi connectivity index (χ1n) is 8.58. The molecular formula is C21H16ClN3O2S. The fourth-order valence-electron chi connectivity index (χ4n) is 2.92. The lowest BCUT2D eigenvalue weighted by molar-refractivity contribution is 0.102. The first-order chi connectivity index (χ1) is 13.5. The van der Waals surface area contributed by atoms with Gasteiger partial charge in [0.1, 0.15) is 17.0 Å². The lowest BCUT2D eigenvalue weighted by Crippen LogP contribution is -2.13. The van der Waals surface area contributed by atoms with Gasteiger partial charge in [-0.3, -0.25) is 4.79 Å². The quantitative estimate of drug-likeness (QED) is 0.449. The zero-order chi connectivity index (χ0) is 19.7. The molecule has 0 aliphatic rings. The highest BCUT2D eigenvalue weighted by Gasteiger charge is 2.23. The fourth-order valence-corrected chi connectivity index (χ4v) is 3.77. The SMILES string of the molecule is Cc1nc(-c2cccc(NC(=O)c3c(-c4ccccc4Cl)noc3C)c2)cs1. The molecule has 7 heteroatoms. The van der Waals surface area contributed by atoms with E-state index in [0.717, 1.165) is 16.3 Å². The summed E-state index contributed by atoms with van der Waals surface area (Å²) in [6.07, 6.45) is 0. The summed E-state index contributed by atoms with van der Waals surface area (Å²) in [5, 5.41) is 10.5. The number of nitrogens with one attached hydrogen (secondary N) is 1. The molecule has 0 bridgehead atoms. The van der Waals surface area contributed by atoms with E-state index in [1.807, 2.05) is 54.8 Å². The maximum Gasteiger partial charge on any atom is 0.261 e. The summed E-state index contributed by atoms with van der Waals surface area (Å²) in [6.45, 7) is 3.67. The summed E-state index contributed by atoms with van der Waals surface area (Å²) in [4.78, 5) is 17.5. The van der Waals surface area contributed by atoms with Gasteiger partial charge < -0.3 is 9.84 Å². The summed E-state index contributed by atoms with van der Waals surface area (Å²) in [5.41, 5.74) is 3.93. The summed E-state index contributed by atoms with van der Waals surface area (Å²) in [6, 6.07) is 14.8. The number of amides is 1. The van der Waals surface area contributed by atoms with Crippen LogP contribution in [0.15, 0.2) is 58.4 Å². The normalized spacial score (nSPS) is 10.8. The third kappa shape index (κ3) is 3.56. The molecule has 0 unspecified atom stereocenters. The zero-order valence-electron chi connectivity index (χ0n) is 15.2. The zero-order valence-corrected chi connectivity index (χ0v) is 16.8. The van der Waals surface area contributed by atoms with Crippen molar-refractivity contribution < 1.29 is 9.32 Å². The molecule has 1 N–H and O–H groups in total. The molecule has 140 valence electrons. The molecule has 0 saturated heterocycles. The largest absolute Gasteiger partial charge is 0.360 e. The molecule has 0 saturated carbocycles. The van der Waals surface area contributed by atoms with E-state index in [1.54, 1.807) is 24.3 Å². The van der Waals surface area contributed by atoms with Crippen LogP contribution in [0.2, 0.25) is 5.02 Å². The average molecular weight is 410 g/mol. The van der Waals surface area contributed by atoms with Crippen LogP contribution in [-0.2, 0) is 0 Å². The van der Waals surface area contributed by atoms with Crippen molar-refractivity contribution in [3.8, 4) is 22.5 Å². The Kier molecular flexibility index (Phi) is 4.98. The molecule has 2 aromatic carbocycles. The van der Waals surface area contributed by atoms with Crippen molar-refractivity contribution in [2.45, 2.75) is 13.8 Å². The Morgan fingerprint density at radius 1 is 1.14 bits per heavy atom. The highest BCUT2D eigenvalue weighted by molar-refractivity contribution is 7.09. The lowest BCUT2D eigenvalue weighted by atomic mass is 10.1. The van der Waals surface area contributed by atoms with E-state index in [-0.39, 0.29) is 5.91 Å². The predicted octanol–water partition coefficient (Wildman–Crippen LogP) is 5.99. The fraction of sp³-hybridized carbons (Fsp3) is 0.0952. The Labute approximate surface area is 171 Å². The van der Waals surface area contributed by atoms with Crippen LogP contribution in [-0.4, -0.2) is 16.0 Å². The smallest absolute Gasteiger partial charge is 0.261 e. The van der Waals surface area contributed by atoms with Gasteiger partial charge in [0.25, 0.3) is 5.91 Å². The van der Waals surface area contributed by atoms with Crippen molar-refractivity contribution in [3.63, 3.8) is 0 Å². The number of hydrogen-bond donors (Lipinski definition) is 1. The topological polar surface area (TPSA) is 68.0 Å². The van der Waals surface area contributed by atoms with Gasteiger partial charge in [-0.1, -0.05) is 47.1 Å². The molecule has 0 fully saturated rings. The summed E-state index contributed by atoms with van der Waals surface area (Å²) < 4.78 is 5.28. The van der Waals surface area contributed by atoms with Crippen LogP contribution in [0.1, 0.15) is 21.1 Å². The Morgan fingerprint density at radius 3 is 2.71 bits per heavy atom. The first kappa shape index (κ1) is 18.4. The van der Waals surface area contributed by atoms with E-state index in [1.165, 1.54) is 0 Å². The molecule has 0 aliphatic carbocycles. The Bertz CT molecular complexity index is 1170. The van der Waals surface area contributed by atoms with Crippen LogP contribution in [0.5, 0.6) is 0 Å². The molecule has 28 heavy (non-hydrogen) atoms. The van der Waals surface area contributed by atoms with Gasteiger partial charge in [-0.25, -0.2) is 4.98 Å². The number of benzene rings is 2. The maximum absolute atomic E-state index is 13.0. The standard InChI is InChI=1S/C21H16ClN3O2S/c1-12-19(20(25-27-12)16-8-3-4-9-17(16)22)21(26)24-15-7-5-6-14(10-15)18-11-28-13(2)23-18/h3-11H,1-2H3,(H,24,26). The minimum absolute atomic E-state index is 0.305. The average Bonchev–Trinajstić information content (AvgIpc) is 3.28. The number of anilines is 1. The highest BCUT2D eigenvalue weighted by Crippen LogP contribution is 2.32. The molecule has 5 nitrogen and oxygen atoms in total. The summed E-state index contributed by atoms with van der Waals surface area (Å²) in [5.74, 6) is 0.124. The third-order valence-corrected chi connectivity index (χ3v) is 5.36. The van der Waals surface area contributed by atoms with Gasteiger partial charge in [0, 0.05) is 22.2 Å². The second-order valence-corrected chi connectivity index (χ2v) is 7.70. The van der Waals surface area contributed by atoms with Crippen LogP contribution < -0.4 is 5.32 Å². The van der Waals surface area contributed by atoms with Gasteiger partial charge in [0.2, 0.25) is 0 Å². The number of aromatic nitrogens is 2.